The van der Waals surface area contributed by atoms with E-state index in [4.69, 9.17) is 5.73 Å². The second kappa shape index (κ2) is 3.38. The Morgan fingerprint density at radius 2 is 1.87 bits per heavy atom. The summed E-state index contributed by atoms with van der Waals surface area (Å²) in [6, 6.07) is 6.21. The highest BCUT2D eigenvalue weighted by atomic mass is 15.3. The fourth-order valence-electron chi connectivity index (χ4n) is 1.47. The van der Waals surface area contributed by atoms with Crippen molar-refractivity contribution in [2.75, 3.05) is 5.73 Å². The number of hydrogen-bond donors (Lipinski definition) is 1. The van der Waals surface area contributed by atoms with Crippen LogP contribution in [-0.4, -0.2) is 14.8 Å². The van der Waals surface area contributed by atoms with Crippen LogP contribution in [0.4, 0.5) is 5.95 Å². The molecule has 0 aliphatic carbocycles. The standard InChI is InChI=1S/C11H14N4/c1-7-4-5-9(6-8(7)2)10-13-14-11(12)15(10)3/h4-6H,1-3H3,(H2,12,14). The fraction of sp³-hybridized carbons (Fsp3) is 0.273. The van der Waals surface area contributed by atoms with Gasteiger partial charge < -0.3 is 5.73 Å². The zero-order valence-corrected chi connectivity index (χ0v) is 9.15. The zero-order chi connectivity index (χ0) is 11.0. The monoisotopic (exact) mass is 202 g/mol. The number of aromatic nitrogens is 3. The maximum Gasteiger partial charge on any atom is 0.222 e. The smallest absolute Gasteiger partial charge is 0.222 e. The van der Waals surface area contributed by atoms with Gasteiger partial charge in [-0.15, -0.1) is 10.2 Å². The minimum Gasteiger partial charge on any atom is -0.368 e. The largest absolute Gasteiger partial charge is 0.368 e. The lowest BCUT2D eigenvalue weighted by atomic mass is 10.1. The van der Waals surface area contributed by atoms with E-state index in [9.17, 15) is 0 Å². The molecule has 0 amide bonds. The number of nitrogens with two attached hydrogens (primary N) is 1. The molecule has 15 heavy (non-hydrogen) atoms. The predicted octanol–water partition coefficient (Wildman–Crippen LogP) is 1.68. The quantitative estimate of drug-likeness (QED) is 0.765. The van der Waals surface area contributed by atoms with Crippen molar-refractivity contribution in [3.8, 4) is 11.4 Å². The Labute approximate surface area is 88.8 Å². The van der Waals surface area contributed by atoms with Gasteiger partial charge in [0.05, 0.1) is 0 Å². The summed E-state index contributed by atoms with van der Waals surface area (Å²) in [4.78, 5) is 0. The van der Waals surface area contributed by atoms with Crippen molar-refractivity contribution in [1.29, 1.82) is 0 Å². The summed E-state index contributed by atoms with van der Waals surface area (Å²) in [5, 5.41) is 7.88. The van der Waals surface area contributed by atoms with Crippen LogP contribution >= 0.6 is 0 Å². The van der Waals surface area contributed by atoms with Crippen molar-refractivity contribution in [2.24, 2.45) is 7.05 Å². The zero-order valence-electron chi connectivity index (χ0n) is 9.15. The van der Waals surface area contributed by atoms with Gasteiger partial charge >= 0.3 is 0 Å². The van der Waals surface area contributed by atoms with E-state index >= 15 is 0 Å². The van der Waals surface area contributed by atoms with Crippen LogP contribution in [-0.2, 0) is 7.05 Å². The molecule has 0 aliphatic heterocycles. The molecule has 0 unspecified atom stereocenters. The van der Waals surface area contributed by atoms with Crippen molar-refractivity contribution >= 4 is 5.95 Å². The maximum atomic E-state index is 5.64. The average molecular weight is 202 g/mol. The van der Waals surface area contributed by atoms with E-state index in [-0.39, 0.29) is 0 Å². The number of benzene rings is 1. The summed E-state index contributed by atoms with van der Waals surface area (Å²) in [7, 11) is 1.86. The van der Waals surface area contributed by atoms with Crippen LogP contribution in [0.2, 0.25) is 0 Å². The van der Waals surface area contributed by atoms with Crippen LogP contribution in [0, 0.1) is 13.8 Å². The molecule has 78 valence electrons. The molecule has 2 aromatic rings. The molecule has 0 saturated heterocycles. The average Bonchev–Trinajstić information content (AvgIpc) is 2.53. The Kier molecular flexibility index (Phi) is 2.19. The molecule has 0 fully saturated rings. The molecule has 0 aliphatic rings. The van der Waals surface area contributed by atoms with Gasteiger partial charge in [0.2, 0.25) is 5.95 Å². The minimum atomic E-state index is 0.434. The van der Waals surface area contributed by atoms with Crippen molar-refractivity contribution in [3.05, 3.63) is 29.3 Å². The Balaban J connectivity index is 2.55. The summed E-state index contributed by atoms with van der Waals surface area (Å²) >= 11 is 0. The number of anilines is 1. The third-order valence-corrected chi connectivity index (χ3v) is 2.67. The first-order valence-electron chi connectivity index (χ1n) is 4.82. The van der Waals surface area contributed by atoms with E-state index in [0.717, 1.165) is 11.4 Å². The molecule has 4 nitrogen and oxygen atoms in total. The van der Waals surface area contributed by atoms with E-state index in [1.54, 1.807) is 4.57 Å². The van der Waals surface area contributed by atoms with Gasteiger partial charge in [-0.2, -0.15) is 0 Å². The summed E-state index contributed by atoms with van der Waals surface area (Å²) in [5.74, 6) is 1.24. The van der Waals surface area contributed by atoms with Crippen LogP contribution < -0.4 is 5.73 Å². The molecular weight excluding hydrogens is 188 g/mol. The molecule has 0 bridgehead atoms. The normalized spacial score (nSPS) is 10.6. The van der Waals surface area contributed by atoms with Crippen LogP contribution in [0.1, 0.15) is 11.1 Å². The molecule has 4 heteroatoms. The predicted molar refractivity (Wildman–Crippen MR) is 60.3 cm³/mol. The number of aryl methyl sites for hydroxylation is 2. The SMILES string of the molecule is Cc1ccc(-c2nnc(N)n2C)cc1C. The van der Waals surface area contributed by atoms with Gasteiger partial charge in [-0.25, -0.2) is 0 Å². The summed E-state index contributed by atoms with van der Waals surface area (Å²) in [5.41, 5.74) is 9.20. The second-order valence-corrected chi connectivity index (χ2v) is 3.74. The first-order valence-corrected chi connectivity index (χ1v) is 4.82. The number of nitrogen functional groups attached to an aromatic ring is 1. The van der Waals surface area contributed by atoms with Crippen molar-refractivity contribution in [3.63, 3.8) is 0 Å². The van der Waals surface area contributed by atoms with E-state index in [0.29, 0.717) is 5.95 Å². The van der Waals surface area contributed by atoms with Crippen LogP contribution in [0.5, 0.6) is 0 Å². The molecular formula is C11H14N4. The van der Waals surface area contributed by atoms with Crippen molar-refractivity contribution < 1.29 is 0 Å². The summed E-state index contributed by atoms with van der Waals surface area (Å²) in [6.07, 6.45) is 0. The van der Waals surface area contributed by atoms with Gasteiger partial charge in [-0.1, -0.05) is 12.1 Å². The third-order valence-electron chi connectivity index (χ3n) is 2.67. The summed E-state index contributed by atoms with van der Waals surface area (Å²) < 4.78 is 1.78. The number of nitrogens with zero attached hydrogens (tertiary/aromatic N) is 3. The third kappa shape index (κ3) is 1.58. The Bertz CT molecular complexity index is 499. The van der Waals surface area contributed by atoms with Crippen LogP contribution in [0.15, 0.2) is 18.2 Å². The fourth-order valence-corrected chi connectivity index (χ4v) is 1.47. The molecule has 1 aromatic heterocycles. The molecule has 0 spiro atoms. The number of hydrogen-bond acceptors (Lipinski definition) is 3. The van der Waals surface area contributed by atoms with Gasteiger partial charge in [-0.3, -0.25) is 4.57 Å². The van der Waals surface area contributed by atoms with Crippen LogP contribution in [0.25, 0.3) is 11.4 Å². The molecule has 2 rings (SSSR count). The maximum absolute atomic E-state index is 5.64. The molecule has 1 heterocycles. The highest BCUT2D eigenvalue weighted by Gasteiger charge is 2.08. The van der Waals surface area contributed by atoms with Gasteiger partial charge in [0.25, 0.3) is 0 Å². The summed E-state index contributed by atoms with van der Waals surface area (Å²) in [6.45, 7) is 4.17. The van der Waals surface area contributed by atoms with Gasteiger partial charge in [0.15, 0.2) is 5.82 Å². The lowest BCUT2D eigenvalue weighted by molar-refractivity contribution is 0.934. The Morgan fingerprint density at radius 1 is 1.13 bits per heavy atom. The molecule has 2 N–H and O–H groups in total. The second-order valence-electron chi connectivity index (χ2n) is 3.74. The number of rotatable bonds is 1. The highest BCUT2D eigenvalue weighted by Crippen LogP contribution is 2.20. The van der Waals surface area contributed by atoms with E-state index < -0.39 is 0 Å². The Morgan fingerprint density at radius 3 is 2.40 bits per heavy atom. The van der Waals surface area contributed by atoms with Crippen LogP contribution in [0.3, 0.4) is 0 Å². The minimum absolute atomic E-state index is 0.434. The van der Waals surface area contributed by atoms with Crippen molar-refractivity contribution in [1.82, 2.24) is 14.8 Å². The molecule has 0 atom stereocenters. The lowest BCUT2D eigenvalue weighted by Gasteiger charge is -2.04. The topological polar surface area (TPSA) is 56.7 Å². The first-order chi connectivity index (χ1) is 7.09. The molecule has 1 aromatic carbocycles. The highest BCUT2D eigenvalue weighted by molar-refractivity contribution is 5.58. The van der Waals surface area contributed by atoms with E-state index in [1.807, 2.05) is 13.1 Å². The van der Waals surface area contributed by atoms with Gasteiger partial charge in [-0.05, 0) is 31.0 Å². The van der Waals surface area contributed by atoms with Gasteiger partial charge in [0.1, 0.15) is 0 Å². The first kappa shape index (κ1) is 9.71. The van der Waals surface area contributed by atoms with E-state index in [1.165, 1.54) is 11.1 Å². The molecule has 0 saturated carbocycles. The van der Waals surface area contributed by atoms with E-state index in [2.05, 4.69) is 36.2 Å². The molecule has 0 radical (unpaired) electrons. The lowest BCUT2D eigenvalue weighted by Crippen LogP contribution is -1.98. The van der Waals surface area contributed by atoms with Crippen molar-refractivity contribution in [2.45, 2.75) is 13.8 Å². The Hall–Kier alpha value is -1.84. The van der Waals surface area contributed by atoms with Gasteiger partial charge in [0, 0.05) is 12.6 Å².